The molecule has 4 heteroatoms. The van der Waals surface area contributed by atoms with Crippen molar-refractivity contribution in [3.63, 3.8) is 0 Å². The van der Waals surface area contributed by atoms with Crippen molar-refractivity contribution >= 4 is 11.9 Å². The molecule has 0 aliphatic heterocycles. The van der Waals surface area contributed by atoms with Crippen molar-refractivity contribution in [2.75, 3.05) is 0 Å². The van der Waals surface area contributed by atoms with E-state index < -0.39 is 0 Å². The average molecular weight is 599 g/mol. The molecule has 0 aliphatic rings. The van der Waals surface area contributed by atoms with Crippen LogP contribution >= 0.6 is 0 Å². The number of rotatable bonds is 21. The normalized spacial score (nSPS) is 10.5. The summed E-state index contributed by atoms with van der Waals surface area (Å²) < 4.78 is 11.1. The Labute approximate surface area is 267 Å². The van der Waals surface area contributed by atoms with E-state index in [1.807, 2.05) is 38.1 Å². The Morgan fingerprint density at radius 3 is 1.39 bits per heavy atom. The molecular formula is C40H54O4. The molecule has 238 valence electrons. The van der Waals surface area contributed by atoms with Gasteiger partial charge in [0.1, 0.15) is 11.5 Å². The maximum Gasteiger partial charge on any atom is 0.311 e. The van der Waals surface area contributed by atoms with E-state index in [1.165, 1.54) is 51.4 Å². The Morgan fingerprint density at radius 2 is 0.955 bits per heavy atom. The maximum atomic E-state index is 12.7. The molecular weight excluding hydrogens is 544 g/mol. The van der Waals surface area contributed by atoms with Crippen molar-refractivity contribution in [1.82, 2.24) is 0 Å². The third-order valence-electron chi connectivity index (χ3n) is 7.72. The maximum absolute atomic E-state index is 12.7. The molecule has 0 fully saturated rings. The van der Waals surface area contributed by atoms with Gasteiger partial charge < -0.3 is 9.47 Å². The highest BCUT2D eigenvalue weighted by Crippen LogP contribution is 2.23. The molecule has 4 nitrogen and oxygen atoms in total. The highest BCUT2D eigenvalue weighted by Gasteiger charge is 2.20. The second-order valence-electron chi connectivity index (χ2n) is 12.0. The molecule has 2 aromatic rings. The summed E-state index contributed by atoms with van der Waals surface area (Å²) in [5.74, 6) is 12.7. The zero-order chi connectivity index (χ0) is 31.7. The molecule has 0 radical (unpaired) electrons. The number of unbranched alkanes of at least 4 members (excludes halogenated alkanes) is 13. The lowest BCUT2D eigenvalue weighted by Gasteiger charge is -2.16. The lowest BCUT2D eigenvalue weighted by atomic mass is 9.94. The largest absolute Gasteiger partial charge is 0.427 e. The van der Waals surface area contributed by atoms with Gasteiger partial charge >= 0.3 is 11.9 Å². The molecule has 0 amide bonds. The highest BCUT2D eigenvalue weighted by molar-refractivity contribution is 5.76. The van der Waals surface area contributed by atoms with Crippen molar-refractivity contribution in [1.29, 1.82) is 0 Å². The Kier molecular flexibility index (Phi) is 19.9. The van der Waals surface area contributed by atoms with E-state index in [0.717, 1.165) is 62.5 Å². The summed E-state index contributed by atoms with van der Waals surface area (Å²) >= 11 is 0. The van der Waals surface area contributed by atoms with Crippen LogP contribution in [0.25, 0.3) is 0 Å². The minimum absolute atomic E-state index is 0.118. The van der Waals surface area contributed by atoms with Crippen molar-refractivity contribution in [3.05, 3.63) is 59.7 Å². The molecule has 2 aromatic carbocycles. The minimum atomic E-state index is -0.314. The average Bonchev–Trinajstić information content (AvgIpc) is 3.00. The van der Waals surface area contributed by atoms with Crippen molar-refractivity contribution in [3.8, 4) is 35.2 Å². The van der Waals surface area contributed by atoms with Gasteiger partial charge in [-0.25, -0.2) is 0 Å². The first-order chi connectivity index (χ1) is 21.5. The number of benzene rings is 2. The molecule has 2 rings (SSSR count). The number of carbonyl (C=O) groups excluding carboxylic acids is 2. The van der Waals surface area contributed by atoms with Crippen LogP contribution in [0.15, 0.2) is 48.5 Å². The van der Waals surface area contributed by atoms with Crippen LogP contribution in [0.1, 0.15) is 134 Å². The Bertz CT molecular complexity index is 1130. The lowest BCUT2D eigenvalue weighted by Crippen LogP contribution is -2.19. The topological polar surface area (TPSA) is 52.6 Å². The highest BCUT2D eigenvalue weighted by atomic mass is 16.5. The van der Waals surface area contributed by atoms with Crippen LogP contribution in [-0.4, -0.2) is 11.9 Å². The van der Waals surface area contributed by atoms with Crippen molar-refractivity contribution in [2.45, 2.75) is 136 Å². The zero-order valence-electron chi connectivity index (χ0n) is 27.6. The van der Waals surface area contributed by atoms with Crippen LogP contribution in [0.2, 0.25) is 0 Å². The van der Waals surface area contributed by atoms with Gasteiger partial charge in [0.15, 0.2) is 0 Å². The minimum Gasteiger partial charge on any atom is -0.427 e. The molecule has 44 heavy (non-hydrogen) atoms. The molecule has 0 spiro atoms. The molecule has 0 aromatic heterocycles. The molecule has 0 N–H and O–H groups in total. The monoisotopic (exact) mass is 598 g/mol. The molecule has 0 aliphatic carbocycles. The quantitative estimate of drug-likeness (QED) is 0.0621. The fraction of sp³-hybridized carbons (Fsp3) is 0.550. The van der Waals surface area contributed by atoms with Gasteiger partial charge in [0.05, 0.1) is 0 Å². The third-order valence-corrected chi connectivity index (χ3v) is 7.72. The van der Waals surface area contributed by atoms with Crippen LogP contribution in [0.4, 0.5) is 0 Å². The summed E-state index contributed by atoms with van der Waals surface area (Å²) in [6, 6.07) is 14.8. The van der Waals surface area contributed by atoms with Gasteiger partial charge in [-0.15, -0.1) is 0 Å². The number of aryl methyl sites for hydroxylation is 2. The predicted octanol–water partition coefficient (Wildman–Crippen LogP) is 10.5. The van der Waals surface area contributed by atoms with E-state index in [4.69, 9.17) is 9.47 Å². The van der Waals surface area contributed by atoms with Crippen LogP contribution in [0, 0.1) is 43.4 Å². The zero-order valence-corrected chi connectivity index (χ0v) is 27.6. The third kappa shape index (κ3) is 18.9. The van der Waals surface area contributed by atoms with Gasteiger partial charge in [0.25, 0.3) is 0 Å². The Hall–Kier alpha value is -3.50. The molecule has 0 unspecified atom stereocenters. The molecule has 0 atom stereocenters. The van der Waals surface area contributed by atoms with Crippen LogP contribution in [0.3, 0.4) is 0 Å². The summed E-state index contributed by atoms with van der Waals surface area (Å²) in [6.07, 6.45) is 18.9. The number of ether oxygens (including phenoxy) is 2. The van der Waals surface area contributed by atoms with E-state index >= 15 is 0 Å². The number of hydrogen-bond acceptors (Lipinski definition) is 4. The predicted molar refractivity (Wildman–Crippen MR) is 181 cm³/mol. The van der Waals surface area contributed by atoms with E-state index in [1.54, 1.807) is 24.3 Å². The molecule has 0 saturated heterocycles. The second kappa shape index (κ2) is 23.9. The van der Waals surface area contributed by atoms with E-state index in [9.17, 15) is 9.59 Å². The summed E-state index contributed by atoms with van der Waals surface area (Å²) in [5, 5.41) is 0. The van der Waals surface area contributed by atoms with E-state index in [0.29, 0.717) is 11.5 Å². The molecule has 0 bridgehead atoms. The van der Waals surface area contributed by atoms with E-state index in [-0.39, 0.29) is 30.7 Å². The summed E-state index contributed by atoms with van der Waals surface area (Å²) in [4.78, 5) is 25.4. The summed E-state index contributed by atoms with van der Waals surface area (Å²) in [5.41, 5.74) is 2.21. The molecule has 0 heterocycles. The Balaban J connectivity index is 1.64. The fourth-order valence-electron chi connectivity index (χ4n) is 5.04. The first-order valence-corrected chi connectivity index (χ1v) is 17.0. The first kappa shape index (κ1) is 36.7. The molecule has 0 saturated carbocycles. The summed E-state index contributed by atoms with van der Waals surface area (Å²) in [7, 11) is 0. The lowest BCUT2D eigenvalue weighted by molar-refractivity contribution is -0.138. The van der Waals surface area contributed by atoms with Gasteiger partial charge in [-0.3, -0.25) is 9.59 Å². The first-order valence-electron chi connectivity index (χ1n) is 17.0. The number of esters is 2. The van der Waals surface area contributed by atoms with Gasteiger partial charge in [-0.1, -0.05) is 125 Å². The standard InChI is InChI=1S/C40H54O4/c1-4-5-6-7-8-9-10-11-12-13-14-15-16-17-18-19-20-21-22-23-36(32-39(41)43-37-28-24-34(2)25-29-37)33-40(42)44-38-30-26-35(3)27-31-38/h24-31,36H,4-11,16-23,32-33H2,1-3H3. The van der Waals surface area contributed by atoms with Gasteiger partial charge in [0, 0.05) is 25.7 Å². The SMILES string of the molecule is CCCCCCCCCC#CC#CCCCCCCCCC(CC(=O)Oc1ccc(C)cc1)CC(=O)Oc1ccc(C)cc1. The second-order valence-corrected chi connectivity index (χ2v) is 12.0. The van der Waals surface area contributed by atoms with Crippen LogP contribution in [-0.2, 0) is 9.59 Å². The number of hydrogen-bond donors (Lipinski definition) is 0. The van der Waals surface area contributed by atoms with Crippen LogP contribution < -0.4 is 9.47 Å². The number of carbonyl (C=O) groups is 2. The Morgan fingerprint density at radius 1 is 0.568 bits per heavy atom. The van der Waals surface area contributed by atoms with Crippen LogP contribution in [0.5, 0.6) is 11.5 Å². The van der Waals surface area contributed by atoms with Gasteiger partial charge in [-0.05, 0) is 75.1 Å². The van der Waals surface area contributed by atoms with E-state index in [2.05, 4.69) is 30.6 Å². The van der Waals surface area contributed by atoms with Gasteiger partial charge in [0.2, 0.25) is 0 Å². The van der Waals surface area contributed by atoms with Crippen molar-refractivity contribution < 1.29 is 19.1 Å². The summed E-state index contributed by atoms with van der Waals surface area (Å²) in [6.45, 7) is 6.23. The van der Waals surface area contributed by atoms with Gasteiger partial charge in [-0.2, -0.15) is 0 Å². The van der Waals surface area contributed by atoms with Crippen molar-refractivity contribution in [2.24, 2.45) is 5.92 Å². The smallest absolute Gasteiger partial charge is 0.311 e. The fourth-order valence-corrected chi connectivity index (χ4v) is 5.04.